The lowest BCUT2D eigenvalue weighted by Gasteiger charge is -2.35. The van der Waals surface area contributed by atoms with Crippen LogP contribution in [-0.4, -0.2) is 35.7 Å². The second-order valence-electron chi connectivity index (χ2n) is 7.19. The van der Waals surface area contributed by atoms with Crippen LogP contribution in [0.25, 0.3) is 0 Å². The van der Waals surface area contributed by atoms with Crippen LogP contribution in [-0.2, 0) is 4.74 Å². The Balaban J connectivity index is 1.81. The van der Waals surface area contributed by atoms with Crippen LogP contribution in [0.2, 0.25) is 5.02 Å². The maximum atomic E-state index is 12.1. The summed E-state index contributed by atoms with van der Waals surface area (Å²) in [5.41, 5.74) is 0.750. The number of nitrogens with one attached hydrogen (secondary N) is 1. The second-order valence-corrected chi connectivity index (χ2v) is 7.62. The smallest absolute Gasteiger partial charge is 0.410 e. The van der Waals surface area contributed by atoms with Gasteiger partial charge in [0.15, 0.2) is 0 Å². The fraction of sp³-hybridized carbons (Fsp3) is 0.611. The topological polar surface area (TPSA) is 41.6 Å². The number of amides is 1. The minimum absolute atomic E-state index is 0.209. The molecule has 128 valence electrons. The van der Waals surface area contributed by atoms with E-state index in [0.717, 1.165) is 31.0 Å². The number of carbonyl (C=O) groups excluding carboxylic acids is 1. The van der Waals surface area contributed by atoms with Gasteiger partial charge >= 0.3 is 6.09 Å². The van der Waals surface area contributed by atoms with Crippen molar-refractivity contribution in [2.75, 3.05) is 13.1 Å². The van der Waals surface area contributed by atoms with Gasteiger partial charge in [0.1, 0.15) is 5.60 Å². The number of hydrogen-bond acceptors (Lipinski definition) is 3. The molecule has 0 saturated carbocycles. The number of hydrogen-bond donors (Lipinski definition) is 1. The molecular formula is C18H27ClN2O2. The van der Waals surface area contributed by atoms with Gasteiger partial charge in [0.25, 0.3) is 0 Å². The van der Waals surface area contributed by atoms with E-state index >= 15 is 0 Å². The zero-order chi connectivity index (χ0) is 17.0. The molecule has 1 aromatic rings. The molecule has 23 heavy (non-hydrogen) atoms. The maximum Gasteiger partial charge on any atom is 0.410 e. The average molecular weight is 339 g/mol. The molecule has 1 heterocycles. The Labute approximate surface area is 144 Å². The third-order valence-electron chi connectivity index (χ3n) is 3.98. The number of likely N-dealkylation sites (tertiary alicyclic amines) is 1. The summed E-state index contributed by atoms with van der Waals surface area (Å²) in [5, 5.41) is 4.39. The Bertz CT molecular complexity index is 534. The van der Waals surface area contributed by atoms with Crippen LogP contribution in [0.15, 0.2) is 24.3 Å². The Kier molecular flexibility index (Phi) is 5.93. The Hall–Kier alpha value is -1.26. The first kappa shape index (κ1) is 18.1. The zero-order valence-electron chi connectivity index (χ0n) is 14.4. The van der Waals surface area contributed by atoms with Gasteiger partial charge in [-0.1, -0.05) is 23.7 Å². The van der Waals surface area contributed by atoms with Crippen molar-refractivity contribution in [2.45, 2.75) is 58.2 Å². The number of halogens is 1. The van der Waals surface area contributed by atoms with Crippen molar-refractivity contribution < 1.29 is 9.53 Å². The molecule has 1 N–H and O–H groups in total. The highest BCUT2D eigenvalue weighted by atomic mass is 35.5. The van der Waals surface area contributed by atoms with Gasteiger partial charge in [-0.05, 0) is 58.2 Å². The van der Waals surface area contributed by atoms with Gasteiger partial charge in [0.05, 0.1) is 0 Å². The number of benzene rings is 1. The van der Waals surface area contributed by atoms with Crippen molar-refractivity contribution in [2.24, 2.45) is 0 Å². The summed E-state index contributed by atoms with van der Waals surface area (Å²) >= 11 is 6.05. The molecule has 1 atom stereocenters. The third kappa shape index (κ3) is 5.70. The lowest BCUT2D eigenvalue weighted by Crippen LogP contribution is -2.46. The first-order chi connectivity index (χ1) is 10.7. The van der Waals surface area contributed by atoms with E-state index in [2.05, 4.69) is 18.3 Å². The highest BCUT2D eigenvalue weighted by Crippen LogP contribution is 2.21. The van der Waals surface area contributed by atoms with Gasteiger partial charge in [-0.2, -0.15) is 0 Å². The normalized spacial score (nSPS) is 17.9. The van der Waals surface area contributed by atoms with E-state index in [0.29, 0.717) is 6.04 Å². The van der Waals surface area contributed by atoms with Crippen molar-refractivity contribution in [3.63, 3.8) is 0 Å². The molecule has 5 heteroatoms. The molecule has 0 aliphatic carbocycles. The molecule has 1 aromatic carbocycles. The molecule has 0 radical (unpaired) electrons. The summed E-state index contributed by atoms with van der Waals surface area (Å²) in [6.45, 7) is 9.29. The van der Waals surface area contributed by atoms with Crippen molar-refractivity contribution in [3.8, 4) is 0 Å². The first-order valence-corrected chi connectivity index (χ1v) is 8.62. The minimum Gasteiger partial charge on any atom is -0.444 e. The summed E-state index contributed by atoms with van der Waals surface area (Å²) in [6.07, 6.45) is 1.66. The summed E-state index contributed by atoms with van der Waals surface area (Å²) < 4.78 is 5.43. The van der Waals surface area contributed by atoms with Gasteiger partial charge in [-0.3, -0.25) is 0 Å². The second kappa shape index (κ2) is 7.54. The van der Waals surface area contributed by atoms with E-state index in [1.54, 1.807) is 4.90 Å². The average Bonchev–Trinajstić information content (AvgIpc) is 2.46. The quantitative estimate of drug-likeness (QED) is 0.888. The van der Waals surface area contributed by atoms with Crippen LogP contribution in [0.5, 0.6) is 0 Å². The monoisotopic (exact) mass is 338 g/mol. The molecule has 1 aliphatic rings. The van der Waals surface area contributed by atoms with Crippen LogP contribution in [0.3, 0.4) is 0 Å². The number of piperidine rings is 1. The highest BCUT2D eigenvalue weighted by Gasteiger charge is 2.27. The highest BCUT2D eigenvalue weighted by molar-refractivity contribution is 6.30. The number of carbonyl (C=O) groups is 1. The van der Waals surface area contributed by atoms with E-state index in [-0.39, 0.29) is 12.1 Å². The Morgan fingerprint density at radius 1 is 1.35 bits per heavy atom. The van der Waals surface area contributed by atoms with Crippen LogP contribution in [0.1, 0.15) is 52.1 Å². The molecule has 1 saturated heterocycles. The van der Waals surface area contributed by atoms with Gasteiger partial charge in [0, 0.05) is 30.2 Å². The number of ether oxygens (including phenoxy) is 1. The van der Waals surface area contributed by atoms with Crippen LogP contribution in [0, 0.1) is 0 Å². The van der Waals surface area contributed by atoms with Crippen molar-refractivity contribution in [3.05, 3.63) is 34.9 Å². The predicted molar refractivity (Wildman–Crippen MR) is 93.8 cm³/mol. The van der Waals surface area contributed by atoms with Gasteiger partial charge < -0.3 is 15.0 Å². The number of rotatable bonds is 3. The fourth-order valence-electron chi connectivity index (χ4n) is 2.78. The van der Waals surface area contributed by atoms with E-state index in [1.807, 2.05) is 39.0 Å². The summed E-state index contributed by atoms with van der Waals surface area (Å²) in [7, 11) is 0. The molecule has 1 amide bonds. The fourth-order valence-corrected chi connectivity index (χ4v) is 2.98. The molecule has 4 nitrogen and oxygen atoms in total. The van der Waals surface area contributed by atoms with E-state index in [9.17, 15) is 4.79 Å². The van der Waals surface area contributed by atoms with Crippen molar-refractivity contribution in [1.29, 1.82) is 0 Å². The summed E-state index contributed by atoms with van der Waals surface area (Å²) in [6, 6.07) is 8.58. The Morgan fingerprint density at radius 2 is 2.00 bits per heavy atom. The zero-order valence-corrected chi connectivity index (χ0v) is 15.2. The van der Waals surface area contributed by atoms with Gasteiger partial charge in [-0.25, -0.2) is 4.79 Å². The van der Waals surface area contributed by atoms with E-state index in [4.69, 9.17) is 16.3 Å². The molecule has 1 aliphatic heterocycles. The maximum absolute atomic E-state index is 12.1. The summed E-state index contributed by atoms with van der Waals surface area (Å²) in [4.78, 5) is 13.9. The largest absolute Gasteiger partial charge is 0.444 e. The standard InChI is InChI=1S/C18H27ClN2O2/c1-13(14-6-5-7-15(19)12-14)20-16-8-10-21(11-9-16)17(22)23-18(2,3)4/h5-7,12-13,16,20H,8-11H2,1-4H3/t13-/m1/s1. The van der Waals surface area contributed by atoms with Crippen LogP contribution in [0.4, 0.5) is 4.79 Å². The van der Waals surface area contributed by atoms with Crippen molar-refractivity contribution in [1.82, 2.24) is 10.2 Å². The molecule has 0 bridgehead atoms. The van der Waals surface area contributed by atoms with E-state index < -0.39 is 5.60 Å². The Morgan fingerprint density at radius 3 is 2.57 bits per heavy atom. The molecular weight excluding hydrogens is 312 g/mol. The molecule has 0 spiro atoms. The predicted octanol–water partition coefficient (Wildman–Crippen LogP) is 4.39. The minimum atomic E-state index is -0.437. The van der Waals surface area contributed by atoms with Crippen LogP contribution >= 0.6 is 11.6 Å². The lowest BCUT2D eigenvalue weighted by molar-refractivity contribution is 0.0196. The van der Waals surface area contributed by atoms with E-state index in [1.165, 1.54) is 5.56 Å². The first-order valence-electron chi connectivity index (χ1n) is 8.24. The molecule has 2 rings (SSSR count). The summed E-state index contributed by atoms with van der Waals surface area (Å²) in [5.74, 6) is 0. The van der Waals surface area contributed by atoms with Gasteiger partial charge in [0.2, 0.25) is 0 Å². The van der Waals surface area contributed by atoms with Gasteiger partial charge in [-0.15, -0.1) is 0 Å². The molecule has 0 unspecified atom stereocenters. The molecule has 0 aromatic heterocycles. The SMILES string of the molecule is C[C@@H](NC1CCN(C(=O)OC(C)(C)C)CC1)c1cccc(Cl)c1. The third-order valence-corrected chi connectivity index (χ3v) is 4.22. The number of nitrogens with zero attached hydrogens (tertiary/aromatic N) is 1. The van der Waals surface area contributed by atoms with Crippen LogP contribution < -0.4 is 5.32 Å². The molecule has 1 fully saturated rings. The van der Waals surface area contributed by atoms with Crippen molar-refractivity contribution >= 4 is 17.7 Å². The lowest BCUT2D eigenvalue weighted by atomic mass is 10.0.